The summed E-state index contributed by atoms with van der Waals surface area (Å²) in [5, 5.41) is 9.70. The molecule has 2 aromatic carbocycles. The van der Waals surface area contributed by atoms with Gasteiger partial charge in [0.15, 0.2) is 0 Å². The molecule has 0 spiro atoms. The van der Waals surface area contributed by atoms with Crippen LogP contribution in [0.1, 0.15) is 101 Å². The molecule has 4 N–H and O–H groups in total. The average molecular weight is 705 g/mol. The van der Waals surface area contributed by atoms with Crippen molar-refractivity contribution in [3.63, 3.8) is 0 Å². The number of rotatable bonds is 18. The first-order chi connectivity index (χ1) is 24.7. The van der Waals surface area contributed by atoms with Crippen molar-refractivity contribution >= 4 is 17.7 Å². The molecule has 0 saturated carbocycles. The minimum atomic E-state index is -0.745. The van der Waals surface area contributed by atoms with Gasteiger partial charge in [0.05, 0.1) is 30.3 Å². The molecule has 11 heteroatoms. The largest absolute Gasteiger partial charge is 0.354 e. The van der Waals surface area contributed by atoms with Crippen molar-refractivity contribution < 1.29 is 23.6 Å². The number of unbranched alkanes of at least 4 members (excludes halogenated alkanes) is 5. The molecule has 3 aliphatic rings. The Morgan fingerprint density at radius 3 is 2.55 bits per heavy atom. The van der Waals surface area contributed by atoms with E-state index in [9.17, 15) is 18.8 Å². The van der Waals surface area contributed by atoms with Gasteiger partial charge in [0, 0.05) is 44.1 Å². The number of carbonyl (C=O) groups is 3. The lowest BCUT2D eigenvalue weighted by molar-refractivity contribution is -0.139. The van der Waals surface area contributed by atoms with Gasteiger partial charge in [-0.15, -0.1) is 6.58 Å². The van der Waals surface area contributed by atoms with Gasteiger partial charge in [0.25, 0.3) is 0 Å². The van der Waals surface area contributed by atoms with Crippen molar-refractivity contribution in [2.45, 2.75) is 114 Å². The Bertz CT molecular complexity index is 1450. The van der Waals surface area contributed by atoms with E-state index in [1.54, 1.807) is 6.07 Å². The number of hydrogen-bond acceptors (Lipinski definition) is 7. The molecule has 7 atom stereocenters. The number of halogens is 1. The van der Waals surface area contributed by atoms with Crippen molar-refractivity contribution in [3.05, 3.63) is 84.2 Å². The van der Waals surface area contributed by atoms with E-state index in [1.165, 1.54) is 12.5 Å². The van der Waals surface area contributed by atoms with Crippen LogP contribution in [0.3, 0.4) is 0 Å². The van der Waals surface area contributed by atoms with Gasteiger partial charge in [-0.1, -0.05) is 73.9 Å². The lowest BCUT2D eigenvalue weighted by Crippen LogP contribution is -2.53. The zero-order valence-electron chi connectivity index (χ0n) is 30.3. The van der Waals surface area contributed by atoms with Gasteiger partial charge in [0.2, 0.25) is 17.7 Å². The van der Waals surface area contributed by atoms with Crippen LogP contribution in [-0.2, 0) is 19.2 Å². The van der Waals surface area contributed by atoms with Gasteiger partial charge in [-0.3, -0.25) is 29.4 Å². The molecule has 2 aromatic rings. The number of nitrogens with zero attached hydrogens (tertiary/aromatic N) is 2. The minimum Gasteiger partial charge on any atom is -0.354 e. The number of amides is 3. The predicted octanol–water partition coefficient (Wildman–Crippen LogP) is 5.30. The van der Waals surface area contributed by atoms with Crippen LogP contribution in [0, 0.1) is 11.7 Å². The highest BCUT2D eigenvalue weighted by molar-refractivity contribution is 5.88. The van der Waals surface area contributed by atoms with Crippen LogP contribution in [0.4, 0.5) is 4.39 Å². The number of allylic oxidation sites excluding steroid dienone is 1. The standard InChI is InChI=1S/C40H57FN6O4/c1-4-5-6-7-8-9-15-22-46-27-35(32-19-13-14-20-33(32)41)44-38(46)29(3)43-37(48)25-31(26-42-39(49)34-24-28(2)51-45-34)40(50)47-23-16-21-36(47)30-17-11-10-12-18-30/h4,10-14,17-20,28-29,31,34-36,38,44-45H,1,5-9,15-16,21-27H2,2-3H3,(H,42,49)(H,43,48)/t28?,29-,31?,34?,35?,36+,38?/m0/s1. The molecule has 5 unspecified atom stereocenters. The molecule has 0 aromatic heterocycles. The maximum Gasteiger partial charge on any atom is 0.239 e. The quantitative estimate of drug-likeness (QED) is 0.123. The first kappa shape index (κ1) is 38.6. The zero-order valence-corrected chi connectivity index (χ0v) is 30.3. The van der Waals surface area contributed by atoms with Gasteiger partial charge in [-0.25, -0.2) is 4.39 Å². The van der Waals surface area contributed by atoms with Crippen LogP contribution in [0.25, 0.3) is 0 Å². The molecule has 3 heterocycles. The van der Waals surface area contributed by atoms with Crippen molar-refractivity contribution in [2.24, 2.45) is 5.92 Å². The van der Waals surface area contributed by atoms with Gasteiger partial charge in [0.1, 0.15) is 11.9 Å². The van der Waals surface area contributed by atoms with E-state index in [0.29, 0.717) is 25.1 Å². The molecular formula is C40H57FN6O4. The number of nitrogens with one attached hydrogen (secondary N) is 4. The van der Waals surface area contributed by atoms with Gasteiger partial charge < -0.3 is 15.5 Å². The van der Waals surface area contributed by atoms with Crippen molar-refractivity contribution in [3.8, 4) is 0 Å². The molecular weight excluding hydrogens is 647 g/mol. The SMILES string of the molecule is C=CCCCCCCCN1CC(c2ccccc2F)NC1[C@H](C)NC(=O)CC(CNC(=O)C1CC(C)ON1)C(=O)N1CCC[C@@H]1c1ccccc1. The second kappa shape index (κ2) is 19.3. The maximum absolute atomic E-state index is 14.9. The number of hydrogen-bond donors (Lipinski definition) is 4. The lowest BCUT2D eigenvalue weighted by Gasteiger charge is -2.31. The topological polar surface area (TPSA) is 115 Å². The maximum atomic E-state index is 14.9. The Balaban J connectivity index is 1.25. The summed E-state index contributed by atoms with van der Waals surface area (Å²) in [6, 6.07) is 15.7. The van der Waals surface area contributed by atoms with Crippen molar-refractivity contribution in [1.82, 2.24) is 31.2 Å². The molecule has 3 fully saturated rings. The van der Waals surface area contributed by atoms with Gasteiger partial charge in [-0.05, 0) is 64.1 Å². The van der Waals surface area contributed by atoms with Gasteiger partial charge in [-0.2, -0.15) is 5.48 Å². The third-order valence-electron chi connectivity index (χ3n) is 10.5. The fraction of sp³-hybridized carbons (Fsp3) is 0.575. The molecule has 3 amide bonds. The molecule has 10 nitrogen and oxygen atoms in total. The molecule has 51 heavy (non-hydrogen) atoms. The monoisotopic (exact) mass is 704 g/mol. The van der Waals surface area contributed by atoms with E-state index >= 15 is 0 Å². The Morgan fingerprint density at radius 2 is 1.80 bits per heavy atom. The third kappa shape index (κ3) is 10.7. The highest BCUT2D eigenvalue weighted by Crippen LogP contribution is 2.33. The summed E-state index contributed by atoms with van der Waals surface area (Å²) in [7, 11) is 0. The number of hydroxylamine groups is 1. The predicted molar refractivity (Wildman–Crippen MR) is 196 cm³/mol. The normalized spacial score (nSPS) is 24.7. The van der Waals surface area contributed by atoms with Crippen LogP contribution in [-0.4, -0.2) is 78.1 Å². The lowest BCUT2D eigenvalue weighted by atomic mass is 9.99. The Morgan fingerprint density at radius 1 is 1.06 bits per heavy atom. The molecule has 0 radical (unpaired) electrons. The summed E-state index contributed by atoms with van der Waals surface area (Å²) in [6.07, 6.45) is 10.4. The van der Waals surface area contributed by atoms with E-state index in [2.05, 4.69) is 32.9 Å². The fourth-order valence-corrected chi connectivity index (χ4v) is 7.77. The smallest absolute Gasteiger partial charge is 0.239 e. The summed E-state index contributed by atoms with van der Waals surface area (Å²) >= 11 is 0. The average Bonchev–Trinajstić information content (AvgIpc) is 3.90. The minimum absolute atomic E-state index is 0.0417. The van der Waals surface area contributed by atoms with Crippen molar-refractivity contribution in [2.75, 3.05) is 26.2 Å². The van der Waals surface area contributed by atoms with E-state index in [0.717, 1.165) is 57.1 Å². The van der Waals surface area contributed by atoms with Crippen LogP contribution in [0.2, 0.25) is 0 Å². The number of benzene rings is 2. The molecule has 3 saturated heterocycles. The van der Waals surface area contributed by atoms with Crippen LogP contribution in [0.15, 0.2) is 67.3 Å². The second-order valence-corrected chi connectivity index (χ2v) is 14.5. The van der Waals surface area contributed by atoms with E-state index < -0.39 is 12.0 Å². The number of carbonyl (C=O) groups excluding carboxylic acids is 3. The van der Waals surface area contributed by atoms with Crippen LogP contribution < -0.4 is 21.4 Å². The molecule has 0 bridgehead atoms. The Kier molecular flexibility index (Phi) is 14.6. The molecule has 5 rings (SSSR count). The van der Waals surface area contributed by atoms with E-state index in [-0.39, 0.29) is 66.9 Å². The first-order valence-corrected chi connectivity index (χ1v) is 18.9. The summed E-state index contributed by atoms with van der Waals surface area (Å²) < 4.78 is 14.9. The second-order valence-electron chi connectivity index (χ2n) is 14.5. The summed E-state index contributed by atoms with van der Waals surface area (Å²) in [4.78, 5) is 50.6. The van der Waals surface area contributed by atoms with Gasteiger partial charge >= 0.3 is 0 Å². The van der Waals surface area contributed by atoms with Crippen LogP contribution >= 0.6 is 0 Å². The fourth-order valence-electron chi connectivity index (χ4n) is 7.77. The first-order valence-electron chi connectivity index (χ1n) is 18.9. The number of likely N-dealkylation sites (tertiary alicyclic amines) is 1. The Hall–Kier alpha value is -3.64. The summed E-state index contributed by atoms with van der Waals surface area (Å²) in [5.74, 6) is -1.65. The zero-order chi connectivity index (χ0) is 36.2. The summed E-state index contributed by atoms with van der Waals surface area (Å²) in [6.45, 7) is 9.75. The molecule has 3 aliphatic heterocycles. The van der Waals surface area contributed by atoms with E-state index in [4.69, 9.17) is 4.84 Å². The summed E-state index contributed by atoms with van der Waals surface area (Å²) in [5.41, 5.74) is 4.45. The Labute approximate surface area is 302 Å². The van der Waals surface area contributed by atoms with Crippen molar-refractivity contribution in [1.29, 1.82) is 0 Å². The molecule has 278 valence electrons. The van der Waals surface area contributed by atoms with E-state index in [1.807, 2.05) is 67.3 Å². The van der Waals surface area contributed by atoms with Crippen LogP contribution in [0.5, 0.6) is 0 Å². The third-order valence-corrected chi connectivity index (χ3v) is 10.5. The highest BCUT2D eigenvalue weighted by Gasteiger charge is 2.39. The molecule has 0 aliphatic carbocycles. The highest BCUT2D eigenvalue weighted by atomic mass is 19.1.